The van der Waals surface area contributed by atoms with Crippen LogP contribution in [-0.2, 0) is 22.6 Å². The summed E-state index contributed by atoms with van der Waals surface area (Å²) in [7, 11) is 0. The van der Waals surface area contributed by atoms with Crippen molar-refractivity contribution in [2.45, 2.75) is 56.7 Å². The molecule has 3 aliphatic rings. The minimum atomic E-state index is -0.748. The topological polar surface area (TPSA) is 98.2 Å². The molecule has 178 valence electrons. The van der Waals surface area contributed by atoms with Crippen molar-refractivity contribution in [3.63, 3.8) is 0 Å². The molecule has 0 spiro atoms. The second-order valence-electron chi connectivity index (χ2n) is 9.17. The normalized spacial score (nSPS) is 30.3. The smallest absolute Gasteiger partial charge is 0.269 e. The van der Waals surface area contributed by atoms with Gasteiger partial charge in [0.25, 0.3) is 5.24 Å². The van der Waals surface area contributed by atoms with E-state index in [4.69, 9.17) is 11.6 Å². The number of halogens is 1. The Morgan fingerprint density at radius 1 is 1.48 bits per heavy atom. The van der Waals surface area contributed by atoms with Crippen LogP contribution in [0.1, 0.15) is 26.0 Å². The number of nitrogens with zero attached hydrogens (tertiary/aromatic N) is 3. The molecular formula is C22H28ClN4O4S2+. The lowest BCUT2D eigenvalue weighted by Crippen LogP contribution is -2.63. The van der Waals surface area contributed by atoms with Gasteiger partial charge in [-0.2, -0.15) is 4.40 Å². The van der Waals surface area contributed by atoms with Gasteiger partial charge < -0.3 is 20.4 Å². The van der Waals surface area contributed by atoms with Crippen molar-refractivity contribution in [1.82, 2.24) is 14.6 Å². The number of β-lactam (4-membered cyclic amide) rings is 1. The Kier molecular flexibility index (Phi) is 6.34. The fourth-order valence-corrected chi connectivity index (χ4v) is 8.15. The van der Waals surface area contributed by atoms with Crippen molar-refractivity contribution < 1.29 is 24.4 Å². The van der Waals surface area contributed by atoms with Crippen LogP contribution in [0.15, 0.2) is 28.5 Å². The quantitative estimate of drug-likeness (QED) is 0.279. The first-order chi connectivity index (χ1) is 15.8. The number of hydrogen-bond donors (Lipinski definition) is 3. The molecule has 6 atom stereocenters. The van der Waals surface area contributed by atoms with Crippen LogP contribution < -0.4 is 9.88 Å². The average Bonchev–Trinajstić information content (AvgIpc) is 3.48. The Balaban J connectivity index is 1.28. The number of thioether (sulfide) groups is 1. The highest BCUT2D eigenvalue weighted by atomic mass is 35.5. The van der Waals surface area contributed by atoms with E-state index >= 15 is 0 Å². The number of fused-ring (bicyclic) bond motifs is 2. The van der Waals surface area contributed by atoms with Crippen LogP contribution in [0.4, 0.5) is 0 Å². The summed E-state index contributed by atoms with van der Waals surface area (Å²) in [6.45, 7) is 5.16. The highest BCUT2D eigenvalue weighted by molar-refractivity contribution is 8.03. The highest BCUT2D eigenvalue weighted by Crippen LogP contribution is 2.52. The summed E-state index contributed by atoms with van der Waals surface area (Å²) in [5, 5.41) is 24.7. The first-order valence-corrected chi connectivity index (χ1v) is 13.4. The van der Waals surface area contributed by atoms with Crippen molar-refractivity contribution in [1.29, 1.82) is 0 Å². The minimum absolute atomic E-state index is 0.0256. The van der Waals surface area contributed by atoms with Gasteiger partial charge in [-0.05, 0) is 24.9 Å². The van der Waals surface area contributed by atoms with Gasteiger partial charge in [0.15, 0.2) is 0 Å². The van der Waals surface area contributed by atoms with Gasteiger partial charge in [0.05, 0.1) is 24.7 Å². The molecule has 5 rings (SSSR count). The third-order valence-electron chi connectivity index (χ3n) is 6.99. The van der Waals surface area contributed by atoms with E-state index in [1.54, 1.807) is 30.0 Å². The van der Waals surface area contributed by atoms with Crippen molar-refractivity contribution in [2.24, 2.45) is 11.8 Å². The summed E-state index contributed by atoms with van der Waals surface area (Å²) in [5.41, 5.74) is 1.54. The third kappa shape index (κ3) is 3.94. The van der Waals surface area contributed by atoms with Crippen LogP contribution in [0, 0.1) is 11.8 Å². The lowest BCUT2D eigenvalue weighted by Gasteiger charge is -2.46. The Morgan fingerprint density at radius 3 is 2.97 bits per heavy atom. The zero-order valence-electron chi connectivity index (χ0n) is 18.5. The Bertz CT molecular complexity index is 1130. The molecular weight excluding hydrogens is 484 g/mol. The summed E-state index contributed by atoms with van der Waals surface area (Å²) in [4.78, 5) is 28.4. The molecule has 0 saturated carbocycles. The summed E-state index contributed by atoms with van der Waals surface area (Å²) < 4.78 is 4.18. The number of carbonyl (C=O) groups is 2. The molecule has 0 bridgehead atoms. The molecule has 0 unspecified atom stereocenters. The number of aromatic nitrogens is 2. The maximum Gasteiger partial charge on any atom is 0.269 e. The maximum absolute atomic E-state index is 12.6. The molecule has 3 N–H and O–H groups in total. The molecule has 2 aromatic rings. The van der Waals surface area contributed by atoms with E-state index in [1.807, 2.05) is 17.8 Å². The van der Waals surface area contributed by atoms with Crippen LogP contribution >= 0.6 is 34.7 Å². The van der Waals surface area contributed by atoms with Crippen molar-refractivity contribution >= 4 is 50.7 Å². The van der Waals surface area contributed by atoms with Gasteiger partial charge in [-0.25, -0.2) is 4.57 Å². The van der Waals surface area contributed by atoms with Crippen LogP contribution in [0.25, 0.3) is 4.83 Å². The standard InChI is InChI=1S/C22H28ClN4O4S2/c1-11-18-17(12(2)29)22(31)27(18)19(21(23)30)20(11)33-15-6-13(24-7-15)5-14-9-32-16-8-25(3-4-28)10-26(14)16/h8-13,15,17-18,24,28-29H,3-7H2,1-2H3/q+1/t11-,12-,13-,15+,17-,18-/m1/s1. The molecule has 3 aliphatic heterocycles. The molecule has 2 aromatic heterocycles. The molecule has 0 aromatic carbocycles. The monoisotopic (exact) mass is 511 g/mol. The number of carbonyl (C=O) groups excluding carboxylic acids is 2. The highest BCUT2D eigenvalue weighted by Gasteiger charge is 2.59. The number of amides is 1. The van der Waals surface area contributed by atoms with E-state index in [2.05, 4.69) is 21.3 Å². The first kappa shape index (κ1) is 23.3. The van der Waals surface area contributed by atoms with Crippen molar-refractivity contribution in [3.8, 4) is 0 Å². The Morgan fingerprint density at radius 2 is 2.27 bits per heavy atom. The predicted octanol–water partition coefficient (Wildman–Crippen LogP) is 1.12. The number of imidazole rings is 1. The van der Waals surface area contributed by atoms with E-state index in [1.165, 1.54) is 10.6 Å². The van der Waals surface area contributed by atoms with E-state index in [0.29, 0.717) is 18.3 Å². The number of hydrogen-bond acceptors (Lipinski definition) is 7. The summed E-state index contributed by atoms with van der Waals surface area (Å²) in [6.07, 6.45) is 5.16. The number of thiazole rings is 1. The molecule has 5 heterocycles. The zero-order chi connectivity index (χ0) is 23.4. The van der Waals surface area contributed by atoms with Gasteiger partial charge in [-0.1, -0.05) is 18.3 Å². The summed E-state index contributed by atoms with van der Waals surface area (Å²) in [5.74, 6) is -0.715. The fraction of sp³-hybridized carbons (Fsp3) is 0.591. The second-order valence-corrected chi connectivity index (χ2v) is 11.7. The molecule has 0 aliphatic carbocycles. The lowest BCUT2D eigenvalue weighted by atomic mass is 9.79. The first-order valence-electron chi connectivity index (χ1n) is 11.2. The van der Waals surface area contributed by atoms with Crippen LogP contribution in [0.3, 0.4) is 0 Å². The Labute approximate surface area is 205 Å². The van der Waals surface area contributed by atoms with Crippen LogP contribution in [-0.4, -0.2) is 67.3 Å². The fourth-order valence-electron chi connectivity index (χ4n) is 5.44. The number of allylic oxidation sites excluding steroid dienone is 1. The minimum Gasteiger partial charge on any atom is -0.393 e. The largest absolute Gasteiger partial charge is 0.393 e. The van der Waals surface area contributed by atoms with Crippen LogP contribution in [0.2, 0.25) is 0 Å². The summed E-state index contributed by atoms with van der Waals surface area (Å²) >= 11 is 9.27. The molecule has 11 heteroatoms. The number of aliphatic hydroxyl groups excluding tert-OH is 2. The maximum atomic E-state index is 12.6. The third-order valence-corrected chi connectivity index (χ3v) is 9.61. The zero-order valence-corrected chi connectivity index (χ0v) is 20.9. The number of aliphatic hydroxyl groups is 2. The van der Waals surface area contributed by atoms with Gasteiger partial charge in [-0.15, -0.1) is 11.8 Å². The van der Waals surface area contributed by atoms with Crippen molar-refractivity contribution in [3.05, 3.63) is 34.2 Å². The van der Waals surface area contributed by atoms with Gasteiger partial charge in [0, 0.05) is 40.5 Å². The summed E-state index contributed by atoms with van der Waals surface area (Å²) in [6, 6.07) is 0.117. The van der Waals surface area contributed by atoms with Crippen molar-refractivity contribution in [2.75, 3.05) is 13.2 Å². The second kappa shape index (κ2) is 8.98. The average molecular weight is 512 g/mol. The van der Waals surface area contributed by atoms with Gasteiger partial charge in [0.2, 0.25) is 17.1 Å². The van der Waals surface area contributed by atoms with Gasteiger partial charge >= 0.3 is 0 Å². The van der Waals surface area contributed by atoms with Gasteiger partial charge in [-0.3, -0.25) is 9.59 Å². The molecule has 33 heavy (non-hydrogen) atoms. The molecule has 0 radical (unpaired) electrons. The van der Waals surface area contributed by atoms with E-state index in [-0.39, 0.29) is 29.7 Å². The van der Waals surface area contributed by atoms with E-state index < -0.39 is 17.3 Å². The Hall–Kier alpha value is -1.43. The van der Waals surface area contributed by atoms with Crippen LogP contribution in [0.5, 0.6) is 0 Å². The molecule has 2 saturated heterocycles. The molecule has 8 nitrogen and oxygen atoms in total. The predicted molar refractivity (Wildman–Crippen MR) is 127 cm³/mol. The van der Waals surface area contributed by atoms with Gasteiger partial charge in [0.1, 0.15) is 24.1 Å². The van der Waals surface area contributed by atoms with E-state index in [0.717, 1.165) is 29.1 Å². The van der Waals surface area contributed by atoms with E-state index in [9.17, 15) is 19.8 Å². The molecule has 2 fully saturated rings. The molecule has 1 amide bonds. The SMILES string of the molecule is C[C@@H](O)[C@H]1C(=O)N2C(C(=O)Cl)=C(S[C@@H]3CN[C@H](Cc4csc5c[n+](CCO)cn45)C3)[C@H](C)[C@H]12. The lowest BCUT2D eigenvalue weighted by molar-refractivity contribution is -0.696. The number of nitrogens with one attached hydrogen (secondary N) is 1. The number of rotatable bonds is 8.